The summed E-state index contributed by atoms with van der Waals surface area (Å²) in [6.45, 7) is 1.96. The van der Waals surface area contributed by atoms with E-state index in [0.29, 0.717) is 10.7 Å². The summed E-state index contributed by atoms with van der Waals surface area (Å²) in [7, 11) is 3.23. The van der Waals surface area contributed by atoms with E-state index in [0.717, 1.165) is 42.4 Å². The Balaban J connectivity index is 1.82. The van der Waals surface area contributed by atoms with Crippen LogP contribution in [0.2, 0.25) is 0 Å². The molecule has 6 heteroatoms. The van der Waals surface area contributed by atoms with Crippen LogP contribution in [0.15, 0.2) is 28.1 Å². The van der Waals surface area contributed by atoms with Crippen LogP contribution in [0, 0.1) is 0 Å². The van der Waals surface area contributed by atoms with Gasteiger partial charge in [-0.3, -0.25) is 4.79 Å². The van der Waals surface area contributed by atoms with Crippen molar-refractivity contribution in [3.05, 3.63) is 28.7 Å². The van der Waals surface area contributed by atoms with Crippen LogP contribution < -0.4 is 9.47 Å². The van der Waals surface area contributed by atoms with E-state index in [9.17, 15) is 4.79 Å². The van der Waals surface area contributed by atoms with Crippen molar-refractivity contribution in [3.8, 4) is 11.5 Å². The average molecular weight is 332 g/mol. The third kappa shape index (κ3) is 3.52. The Kier molecular flexibility index (Phi) is 4.91. The molecule has 1 aromatic rings. The Labute approximate surface area is 140 Å². The van der Waals surface area contributed by atoms with Gasteiger partial charge in [0.05, 0.1) is 19.1 Å². The number of carbonyl (C=O) groups excluding carboxylic acids is 1. The molecule has 0 bridgehead atoms. The van der Waals surface area contributed by atoms with E-state index in [1.165, 1.54) is 18.2 Å². The molecular weight excluding hydrogens is 312 g/mol. The normalized spacial score (nSPS) is 19.9. The van der Waals surface area contributed by atoms with Crippen molar-refractivity contribution in [1.82, 2.24) is 4.90 Å². The molecule has 2 aliphatic heterocycles. The van der Waals surface area contributed by atoms with Gasteiger partial charge in [0.25, 0.3) is 5.91 Å². The molecular formula is C17H20N2O3S. The van der Waals surface area contributed by atoms with Crippen molar-refractivity contribution < 1.29 is 14.3 Å². The number of hydrogen-bond donors (Lipinski definition) is 0. The van der Waals surface area contributed by atoms with Gasteiger partial charge in [-0.25, -0.2) is 0 Å². The zero-order valence-corrected chi connectivity index (χ0v) is 14.2. The Morgan fingerprint density at radius 2 is 1.96 bits per heavy atom. The van der Waals surface area contributed by atoms with Crippen LogP contribution in [0.3, 0.4) is 0 Å². The Morgan fingerprint density at radius 3 is 2.65 bits per heavy atom. The first kappa shape index (κ1) is 15.9. The summed E-state index contributed by atoms with van der Waals surface area (Å²) >= 11 is 1.44. The molecule has 0 radical (unpaired) electrons. The maximum Gasteiger partial charge on any atom is 0.286 e. The standard InChI is InChI=1S/C17H20N2O3S/c1-21-13-6-7-14(22-2)12(10-13)11-15-16(20)18-17(23-15)19-8-4-3-5-9-19/h6-7,10-11H,3-5,8-9H2,1-2H3/b15-11+. The molecule has 5 nitrogen and oxygen atoms in total. The van der Waals surface area contributed by atoms with Crippen LogP contribution in [0.4, 0.5) is 0 Å². The van der Waals surface area contributed by atoms with E-state index in [1.54, 1.807) is 14.2 Å². The van der Waals surface area contributed by atoms with E-state index in [1.807, 2.05) is 24.3 Å². The average Bonchev–Trinajstić information content (AvgIpc) is 2.96. The molecule has 2 heterocycles. The predicted octanol–water partition coefficient (Wildman–Crippen LogP) is 3.16. The highest BCUT2D eigenvalue weighted by atomic mass is 32.2. The molecule has 0 unspecified atom stereocenters. The summed E-state index contributed by atoms with van der Waals surface area (Å²) < 4.78 is 10.6. The molecule has 0 saturated carbocycles. The van der Waals surface area contributed by atoms with Gasteiger partial charge in [0.15, 0.2) is 5.17 Å². The molecule has 0 atom stereocenters. The number of piperidine rings is 1. The third-order valence-electron chi connectivity index (χ3n) is 3.96. The predicted molar refractivity (Wildman–Crippen MR) is 93.0 cm³/mol. The van der Waals surface area contributed by atoms with Gasteiger partial charge in [-0.05, 0) is 55.3 Å². The highest BCUT2D eigenvalue weighted by Crippen LogP contribution is 2.34. The zero-order chi connectivity index (χ0) is 16.2. The summed E-state index contributed by atoms with van der Waals surface area (Å²) in [4.78, 5) is 19.3. The van der Waals surface area contributed by atoms with Crippen molar-refractivity contribution >= 4 is 28.9 Å². The van der Waals surface area contributed by atoms with Crippen molar-refractivity contribution in [2.45, 2.75) is 19.3 Å². The lowest BCUT2D eigenvalue weighted by Crippen LogP contribution is -2.33. The van der Waals surface area contributed by atoms with E-state index in [4.69, 9.17) is 9.47 Å². The number of thioether (sulfide) groups is 1. The van der Waals surface area contributed by atoms with Crippen molar-refractivity contribution in [3.63, 3.8) is 0 Å². The lowest BCUT2D eigenvalue weighted by Gasteiger charge is -2.27. The maximum absolute atomic E-state index is 12.2. The first-order chi connectivity index (χ1) is 11.2. The minimum absolute atomic E-state index is 0.180. The molecule has 122 valence electrons. The number of hydrogen-bond acceptors (Lipinski definition) is 5. The Hall–Kier alpha value is -1.95. The van der Waals surface area contributed by atoms with Gasteiger partial charge in [-0.1, -0.05) is 0 Å². The third-order valence-corrected chi connectivity index (χ3v) is 5.00. The number of nitrogens with zero attached hydrogens (tertiary/aromatic N) is 2. The second-order valence-electron chi connectivity index (χ2n) is 5.47. The van der Waals surface area contributed by atoms with Crippen LogP contribution in [0.1, 0.15) is 24.8 Å². The lowest BCUT2D eigenvalue weighted by atomic mass is 10.1. The van der Waals surface area contributed by atoms with Crippen molar-refractivity contribution in [2.75, 3.05) is 27.3 Å². The maximum atomic E-state index is 12.2. The number of ether oxygens (including phenoxy) is 2. The first-order valence-corrected chi connectivity index (χ1v) is 8.52. The van der Waals surface area contributed by atoms with E-state index in [-0.39, 0.29) is 5.91 Å². The van der Waals surface area contributed by atoms with Crippen molar-refractivity contribution in [1.29, 1.82) is 0 Å². The molecule has 0 N–H and O–H groups in total. The van der Waals surface area contributed by atoms with Gasteiger partial charge in [0.2, 0.25) is 0 Å². The molecule has 23 heavy (non-hydrogen) atoms. The van der Waals surface area contributed by atoms with Crippen LogP contribution in [-0.4, -0.2) is 43.3 Å². The second-order valence-corrected chi connectivity index (χ2v) is 6.47. The first-order valence-electron chi connectivity index (χ1n) is 7.71. The number of benzene rings is 1. The second kappa shape index (κ2) is 7.08. The smallest absolute Gasteiger partial charge is 0.286 e. The van der Waals surface area contributed by atoms with E-state index in [2.05, 4.69) is 9.89 Å². The summed E-state index contributed by atoms with van der Waals surface area (Å²) in [5, 5.41) is 0.822. The molecule has 2 aliphatic rings. The molecule has 1 fully saturated rings. The lowest BCUT2D eigenvalue weighted by molar-refractivity contribution is -0.113. The molecule has 1 aromatic carbocycles. The number of likely N-dealkylation sites (tertiary alicyclic amines) is 1. The number of methoxy groups -OCH3 is 2. The molecule has 1 amide bonds. The molecule has 0 spiro atoms. The fraction of sp³-hybridized carbons (Fsp3) is 0.412. The molecule has 3 rings (SSSR count). The monoisotopic (exact) mass is 332 g/mol. The molecule has 0 aliphatic carbocycles. The van der Waals surface area contributed by atoms with Crippen LogP contribution in [0.5, 0.6) is 11.5 Å². The van der Waals surface area contributed by atoms with E-state index < -0.39 is 0 Å². The Bertz CT molecular complexity index is 664. The summed E-state index contributed by atoms with van der Waals surface area (Å²) in [6.07, 6.45) is 5.41. The minimum atomic E-state index is -0.180. The van der Waals surface area contributed by atoms with Crippen LogP contribution >= 0.6 is 11.8 Å². The highest BCUT2D eigenvalue weighted by Gasteiger charge is 2.27. The molecule has 1 saturated heterocycles. The van der Waals surface area contributed by atoms with Gasteiger partial charge in [0, 0.05) is 18.7 Å². The SMILES string of the molecule is COc1ccc(OC)c(/C=C2/SC(N3CCCCC3)=NC2=O)c1. The minimum Gasteiger partial charge on any atom is -0.497 e. The quantitative estimate of drug-likeness (QED) is 0.796. The van der Waals surface area contributed by atoms with Gasteiger partial charge < -0.3 is 14.4 Å². The fourth-order valence-corrected chi connectivity index (χ4v) is 3.67. The van der Waals surface area contributed by atoms with Gasteiger partial charge in [-0.15, -0.1) is 0 Å². The van der Waals surface area contributed by atoms with E-state index >= 15 is 0 Å². The van der Waals surface area contributed by atoms with Crippen LogP contribution in [0.25, 0.3) is 6.08 Å². The van der Waals surface area contributed by atoms with Gasteiger partial charge in [-0.2, -0.15) is 4.99 Å². The topological polar surface area (TPSA) is 51.1 Å². The Morgan fingerprint density at radius 1 is 1.17 bits per heavy atom. The van der Waals surface area contributed by atoms with Gasteiger partial charge in [0.1, 0.15) is 11.5 Å². The van der Waals surface area contributed by atoms with Crippen LogP contribution in [-0.2, 0) is 4.79 Å². The number of amides is 1. The number of carbonyl (C=O) groups is 1. The number of amidine groups is 1. The number of aliphatic imine (C=N–C) groups is 1. The largest absolute Gasteiger partial charge is 0.497 e. The highest BCUT2D eigenvalue weighted by molar-refractivity contribution is 8.18. The van der Waals surface area contributed by atoms with Crippen molar-refractivity contribution in [2.24, 2.45) is 4.99 Å². The summed E-state index contributed by atoms with van der Waals surface area (Å²) in [5.41, 5.74) is 0.817. The van der Waals surface area contributed by atoms with Gasteiger partial charge >= 0.3 is 0 Å². The summed E-state index contributed by atoms with van der Waals surface area (Å²) in [6, 6.07) is 5.53. The molecule has 0 aromatic heterocycles. The zero-order valence-electron chi connectivity index (χ0n) is 13.4. The summed E-state index contributed by atoms with van der Waals surface area (Å²) in [5.74, 6) is 1.25. The number of rotatable bonds is 3. The fourth-order valence-electron chi connectivity index (χ4n) is 2.71.